The molecule has 0 saturated carbocycles. The highest BCUT2D eigenvalue weighted by atomic mass is 79.9. The molecule has 6 heteroatoms. The second-order valence-electron chi connectivity index (χ2n) is 8.74. The number of phenolic OH excluding ortho intramolecular Hbond substituents is 1. The van der Waals surface area contributed by atoms with Gasteiger partial charge in [-0.3, -0.25) is 4.99 Å². The molecular weight excluding hydrogens is 576 g/mol. The van der Waals surface area contributed by atoms with Crippen LogP contribution in [0.2, 0.25) is 0 Å². The molecule has 3 rings (SSSR count). The molecule has 0 bridgehead atoms. The van der Waals surface area contributed by atoms with Gasteiger partial charge in [-0.15, -0.1) is 0 Å². The summed E-state index contributed by atoms with van der Waals surface area (Å²) in [5.74, 6) is 1.51. The standard InChI is InChI=1S/C28H33Br2ClN2O/c1-3-19-15-26(31)28(32-18-22-13-24(30)17-25(34)14-22)33-27(16-19)23(4-2)12-21-8-5-7-20(11-21)9-6-10-29/h5,7-8,11,13-17,19,23,34H,3-4,6,9-10,12,18H2,1-2H3,(H,32,33). The fourth-order valence-corrected chi connectivity index (χ4v) is 5.29. The predicted molar refractivity (Wildman–Crippen MR) is 152 cm³/mol. The summed E-state index contributed by atoms with van der Waals surface area (Å²) < 4.78 is 0.828. The minimum atomic E-state index is 0.219. The van der Waals surface area contributed by atoms with Gasteiger partial charge in [0.25, 0.3) is 0 Å². The van der Waals surface area contributed by atoms with Crippen molar-refractivity contribution in [2.24, 2.45) is 16.8 Å². The Labute approximate surface area is 225 Å². The normalized spacial score (nSPS) is 18.1. The van der Waals surface area contributed by atoms with Crippen molar-refractivity contribution in [3.63, 3.8) is 0 Å². The molecule has 1 aliphatic heterocycles. The predicted octanol–water partition coefficient (Wildman–Crippen LogP) is 8.29. The first kappa shape index (κ1) is 27.0. The van der Waals surface area contributed by atoms with Gasteiger partial charge in [0.1, 0.15) is 11.6 Å². The van der Waals surface area contributed by atoms with Crippen molar-refractivity contribution in [2.45, 2.75) is 52.5 Å². The largest absolute Gasteiger partial charge is 0.508 e. The maximum atomic E-state index is 9.91. The number of halogens is 3. The highest BCUT2D eigenvalue weighted by Gasteiger charge is 2.21. The smallest absolute Gasteiger partial charge is 0.144 e. The van der Waals surface area contributed by atoms with E-state index in [1.165, 1.54) is 16.8 Å². The third-order valence-electron chi connectivity index (χ3n) is 6.08. The van der Waals surface area contributed by atoms with Gasteiger partial charge in [-0.05, 0) is 72.9 Å². The van der Waals surface area contributed by atoms with Crippen LogP contribution in [0.15, 0.2) is 74.8 Å². The summed E-state index contributed by atoms with van der Waals surface area (Å²) in [6.07, 6.45) is 9.61. The minimum absolute atomic E-state index is 0.219. The first-order valence-corrected chi connectivity index (χ1v) is 14.2. The van der Waals surface area contributed by atoms with E-state index in [0.29, 0.717) is 23.3 Å². The Morgan fingerprint density at radius 3 is 2.59 bits per heavy atom. The van der Waals surface area contributed by atoms with Gasteiger partial charge in [0.15, 0.2) is 0 Å². The average molecular weight is 609 g/mol. The zero-order valence-corrected chi connectivity index (χ0v) is 23.8. The third-order valence-corrected chi connectivity index (χ3v) is 7.41. The highest BCUT2D eigenvalue weighted by Crippen LogP contribution is 2.27. The molecule has 2 unspecified atom stereocenters. The lowest BCUT2D eigenvalue weighted by Crippen LogP contribution is -2.28. The van der Waals surface area contributed by atoms with Crippen LogP contribution in [0.1, 0.15) is 49.8 Å². The number of nitrogens with one attached hydrogen (secondary N) is 1. The Morgan fingerprint density at radius 2 is 1.88 bits per heavy atom. The van der Waals surface area contributed by atoms with Crippen LogP contribution in [-0.2, 0) is 19.4 Å². The number of nitrogens with zero attached hydrogens (tertiary/aromatic N) is 1. The lowest BCUT2D eigenvalue weighted by Gasteiger charge is -2.22. The molecule has 0 radical (unpaired) electrons. The zero-order valence-electron chi connectivity index (χ0n) is 19.8. The highest BCUT2D eigenvalue weighted by molar-refractivity contribution is 9.10. The first-order chi connectivity index (χ1) is 16.4. The van der Waals surface area contributed by atoms with Crippen LogP contribution >= 0.6 is 43.5 Å². The van der Waals surface area contributed by atoms with E-state index < -0.39 is 0 Å². The van der Waals surface area contributed by atoms with Crippen LogP contribution < -0.4 is 5.32 Å². The number of aliphatic imine (C=N–C) groups is 1. The van der Waals surface area contributed by atoms with E-state index in [1.54, 1.807) is 12.1 Å². The van der Waals surface area contributed by atoms with Crippen LogP contribution in [0, 0.1) is 11.8 Å². The molecule has 0 aromatic heterocycles. The number of hydrogen-bond donors (Lipinski definition) is 2. The van der Waals surface area contributed by atoms with Gasteiger partial charge in [0.05, 0.1) is 11.6 Å². The fraction of sp³-hybridized carbons (Fsp3) is 0.393. The van der Waals surface area contributed by atoms with Gasteiger partial charge >= 0.3 is 0 Å². The monoisotopic (exact) mass is 606 g/mol. The molecule has 34 heavy (non-hydrogen) atoms. The number of aromatic hydroxyl groups is 1. The van der Waals surface area contributed by atoms with Crippen LogP contribution in [0.3, 0.4) is 0 Å². The van der Waals surface area contributed by atoms with Crippen molar-refractivity contribution in [2.75, 3.05) is 5.33 Å². The SMILES string of the molecule is CCC1C=C(Cl)C(=NCc2cc(O)cc(Br)c2)NC(C(CC)Cc2cccc(CCCBr)c2)=C1. The van der Waals surface area contributed by atoms with Crippen LogP contribution in [0.25, 0.3) is 0 Å². The van der Waals surface area contributed by atoms with Gasteiger partial charge in [0.2, 0.25) is 0 Å². The van der Waals surface area contributed by atoms with Crippen molar-refractivity contribution in [1.29, 1.82) is 0 Å². The van der Waals surface area contributed by atoms with Gasteiger partial charge < -0.3 is 10.4 Å². The molecule has 182 valence electrons. The topological polar surface area (TPSA) is 44.6 Å². The van der Waals surface area contributed by atoms with Crippen molar-refractivity contribution >= 4 is 49.3 Å². The van der Waals surface area contributed by atoms with Crippen molar-refractivity contribution in [3.8, 4) is 5.75 Å². The number of hydrogen-bond acceptors (Lipinski definition) is 2. The fourth-order valence-electron chi connectivity index (χ4n) is 4.21. The second-order valence-corrected chi connectivity index (χ2v) is 10.9. The maximum absolute atomic E-state index is 9.91. The molecule has 2 aromatic rings. The summed E-state index contributed by atoms with van der Waals surface area (Å²) in [4.78, 5) is 4.80. The Kier molecular flexibility index (Phi) is 10.7. The molecule has 0 spiro atoms. The average Bonchev–Trinajstić information content (AvgIpc) is 2.97. The maximum Gasteiger partial charge on any atom is 0.144 e. The minimum Gasteiger partial charge on any atom is -0.508 e. The lowest BCUT2D eigenvalue weighted by atomic mass is 9.90. The number of amidine groups is 1. The van der Waals surface area contributed by atoms with E-state index in [-0.39, 0.29) is 11.7 Å². The van der Waals surface area contributed by atoms with E-state index in [1.807, 2.05) is 6.07 Å². The zero-order chi connectivity index (χ0) is 24.5. The van der Waals surface area contributed by atoms with Crippen molar-refractivity contribution in [1.82, 2.24) is 5.32 Å². The van der Waals surface area contributed by atoms with Crippen molar-refractivity contribution < 1.29 is 5.11 Å². The van der Waals surface area contributed by atoms with Crippen LogP contribution in [0.4, 0.5) is 0 Å². The van der Waals surface area contributed by atoms with Crippen molar-refractivity contribution in [3.05, 3.63) is 86.5 Å². The summed E-state index contributed by atoms with van der Waals surface area (Å²) in [5, 5.41) is 15.2. The molecule has 1 heterocycles. The van der Waals surface area contributed by atoms with Gasteiger partial charge in [-0.2, -0.15) is 0 Å². The molecule has 1 aliphatic rings. The molecule has 0 amide bonds. The van der Waals surface area contributed by atoms with E-state index >= 15 is 0 Å². The summed E-state index contributed by atoms with van der Waals surface area (Å²) in [6, 6.07) is 14.3. The van der Waals surface area contributed by atoms with E-state index in [0.717, 1.165) is 47.5 Å². The first-order valence-electron chi connectivity index (χ1n) is 11.9. The Bertz CT molecular complexity index is 1040. The van der Waals surface area contributed by atoms with Gasteiger partial charge in [-0.1, -0.05) is 93.7 Å². The van der Waals surface area contributed by atoms with Gasteiger partial charge in [-0.25, -0.2) is 0 Å². The lowest BCUT2D eigenvalue weighted by molar-refractivity contribution is 0.474. The number of benzene rings is 2. The number of allylic oxidation sites excluding steroid dienone is 3. The Hall–Kier alpha value is -1.56. The van der Waals surface area contributed by atoms with E-state index in [4.69, 9.17) is 16.6 Å². The number of aryl methyl sites for hydroxylation is 1. The summed E-state index contributed by atoms with van der Waals surface area (Å²) in [7, 11) is 0. The van der Waals surface area contributed by atoms with Crippen LogP contribution in [0.5, 0.6) is 5.75 Å². The Balaban J connectivity index is 1.83. The number of rotatable bonds is 10. The molecule has 0 aliphatic carbocycles. The summed E-state index contributed by atoms with van der Waals surface area (Å²) in [5.41, 5.74) is 4.86. The molecule has 3 nitrogen and oxygen atoms in total. The summed E-state index contributed by atoms with van der Waals surface area (Å²) in [6.45, 7) is 4.85. The van der Waals surface area contributed by atoms with E-state index in [9.17, 15) is 5.11 Å². The molecule has 0 fully saturated rings. The quantitative estimate of drug-likeness (QED) is 0.267. The molecule has 2 N–H and O–H groups in total. The number of phenols is 1. The second kappa shape index (κ2) is 13.5. The number of alkyl halides is 1. The summed E-state index contributed by atoms with van der Waals surface area (Å²) >= 11 is 13.7. The molecular formula is C28H33Br2ClN2O. The molecule has 0 saturated heterocycles. The van der Waals surface area contributed by atoms with Crippen LogP contribution in [-0.4, -0.2) is 16.3 Å². The molecule has 2 atom stereocenters. The van der Waals surface area contributed by atoms with Gasteiger partial charge in [0, 0.05) is 21.4 Å². The third kappa shape index (κ3) is 8.00. The Morgan fingerprint density at radius 1 is 1.09 bits per heavy atom. The van der Waals surface area contributed by atoms with E-state index in [2.05, 4.69) is 87.4 Å². The molecule has 2 aromatic carbocycles.